The zero-order valence-corrected chi connectivity index (χ0v) is 13.2. The van der Waals surface area contributed by atoms with Crippen LogP contribution in [-0.2, 0) is 12.8 Å². The molecule has 0 aromatic carbocycles. The van der Waals surface area contributed by atoms with Crippen LogP contribution in [0, 0.1) is 0 Å². The fourth-order valence-electron chi connectivity index (χ4n) is 2.65. The van der Waals surface area contributed by atoms with Crippen molar-refractivity contribution in [2.45, 2.75) is 78.1 Å². The van der Waals surface area contributed by atoms with Crippen LogP contribution in [0.5, 0.6) is 0 Å². The molecule has 1 rings (SSSR count). The summed E-state index contributed by atoms with van der Waals surface area (Å²) in [6, 6.07) is 0.514. The van der Waals surface area contributed by atoms with Gasteiger partial charge in [-0.05, 0) is 32.1 Å². The molecule has 18 heavy (non-hydrogen) atoms. The first-order valence-electron chi connectivity index (χ1n) is 7.38. The zero-order valence-electron chi connectivity index (χ0n) is 12.5. The minimum Gasteiger partial charge on any atom is -0.266 e. The van der Waals surface area contributed by atoms with E-state index in [-0.39, 0.29) is 5.38 Å². The molecule has 3 heteroatoms. The summed E-state index contributed by atoms with van der Waals surface area (Å²) >= 11 is 6.51. The van der Waals surface area contributed by atoms with E-state index in [0.717, 1.165) is 32.1 Å². The fraction of sp³-hybridized carbons (Fsp3) is 0.800. The highest BCUT2D eigenvalue weighted by atomic mass is 35.5. The third kappa shape index (κ3) is 2.90. The lowest BCUT2D eigenvalue weighted by Gasteiger charge is -2.17. The van der Waals surface area contributed by atoms with Gasteiger partial charge in [0.05, 0.1) is 17.1 Å². The van der Waals surface area contributed by atoms with Crippen molar-refractivity contribution in [1.82, 2.24) is 9.78 Å². The van der Waals surface area contributed by atoms with Crippen LogP contribution < -0.4 is 0 Å². The molecule has 2 nitrogen and oxygen atoms in total. The molecule has 0 bridgehead atoms. The summed E-state index contributed by atoms with van der Waals surface area (Å²) in [5, 5.41) is 4.95. The van der Waals surface area contributed by atoms with Gasteiger partial charge in [-0.2, -0.15) is 5.10 Å². The van der Waals surface area contributed by atoms with Crippen LogP contribution in [-0.4, -0.2) is 9.78 Å². The second-order valence-electron chi connectivity index (χ2n) is 4.80. The van der Waals surface area contributed by atoms with E-state index in [0.29, 0.717) is 6.04 Å². The maximum atomic E-state index is 6.51. The van der Waals surface area contributed by atoms with Gasteiger partial charge in [-0.1, -0.05) is 34.6 Å². The summed E-state index contributed by atoms with van der Waals surface area (Å²) in [6.07, 6.45) is 5.22. The molecule has 0 aliphatic rings. The van der Waals surface area contributed by atoms with Crippen LogP contribution in [0.4, 0.5) is 0 Å². The van der Waals surface area contributed by atoms with Gasteiger partial charge in [0.15, 0.2) is 0 Å². The Labute approximate surface area is 117 Å². The molecular formula is C15H27ClN2. The molecule has 1 atom stereocenters. The Balaban J connectivity index is 3.32. The maximum Gasteiger partial charge on any atom is 0.0671 e. The normalized spacial score (nSPS) is 13.3. The van der Waals surface area contributed by atoms with Gasteiger partial charge in [-0.25, -0.2) is 0 Å². The minimum absolute atomic E-state index is 0.109. The average Bonchev–Trinajstić information content (AvgIpc) is 2.77. The molecule has 1 aromatic heterocycles. The van der Waals surface area contributed by atoms with Gasteiger partial charge in [-0.15, -0.1) is 11.6 Å². The van der Waals surface area contributed by atoms with Crippen LogP contribution in [0.1, 0.15) is 82.3 Å². The van der Waals surface area contributed by atoms with Crippen molar-refractivity contribution in [2.75, 3.05) is 0 Å². The predicted octanol–water partition coefficient (Wildman–Crippen LogP) is 5.06. The smallest absolute Gasteiger partial charge is 0.0671 e. The summed E-state index contributed by atoms with van der Waals surface area (Å²) in [5.74, 6) is 0. The fourth-order valence-corrected chi connectivity index (χ4v) is 2.90. The number of aryl methyl sites for hydroxylation is 1. The Morgan fingerprint density at radius 2 is 1.61 bits per heavy atom. The summed E-state index contributed by atoms with van der Waals surface area (Å²) in [4.78, 5) is 0. The quantitative estimate of drug-likeness (QED) is 0.633. The topological polar surface area (TPSA) is 17.8 Å². The Hall–Kier alpha value is -0.500. The highest BCUT2D eigenvalue weighted by Gasteiger charge is 2.23. The van der Waals surface area contributed by atoms with E-state index in [1.54, 1.807) is 0 Å². The minimum atomic E-state index is 0.109. The van der Waals surface area contributed by atoms with Crippen LogP contribution >= 0.6 is 11.6 Å². The van der Waals surface area contributed by atoms with Gasteiger partial charge in [0, 0.05) is 11.3 Å². The number of alkyl halides is 1. The van der Waals surface area contributed by atoms with Gasteiger partial charge in [-0.3, -0.25) is 4.68 Å². The van der Waals surface area contributed by atoms with Crippen molar-refractivity contribution in [3.63, 3.8) is 0 Å². The van der Waals surface area contributed by atoms with E-state index in [1.165, 1.54) is 17.0 Å². The molecule has 0 saturated heterocycles. The van der Waals surface area contributed by atoms with E-state index >= 15 is 0 Å². The Kier molecular flexibility index (Phi) is 6.20. The highest BCUT2D eigenvalue weighted by Crippen LogP contribution is 2.33. The second kappa shape index (κ2) is 7.18. The largest absolute Gasteiger partial charge is 0.266 e. The van der Waals surface area contributed by atoms with Crippen molar-refractivity contribution in [1.29, 1.82) is 0 Å². The van der Waals surface area contributed by atoms with E-state index < -0.39 is 0 Å². The second-order valence-corrected chi connectivity index (χ2v) is 5.33. The number of hydrogen-bond donors (Lipinski definition) is 0. The molecule has 1 heterocycles. The highest BCUT2D eigenvalue weighted by molar-refractivity contribution is 6.21. The lowest BCUT2D eigenvalue weighted by molar-refractivity contribution is 0.412. The Morgan fingerprint density at radius 1 is 1.00 bits per heavy atom. The first-order chi connectivity index (χ1) is 8.64. The van der Waals surface area contributed by atoms with Crippen LogP contribution in [0.15, 0.2) is 0 Å². The predicted molar refractivity (Wildman–Crippen MR) is 79.5 cm³/mol. The molecule has 0 amide bonds. The first-order valence-corrected chi connectivity index (χ1v) is 7.82. The number of aromatic nitrogens is 2. The molecule has 0 spiro atoms. The number of nitrogens with zero attached hydrogens (tertiary/aromatic N) is 2. The van der Waals surface area contributed by atoms with Gasteiger partial charge >= 0.3 is 0 Å². The molecule has 0 aliphatic carbocycles. The van der Waals surface area contributed by atoms with Crippen molar-refractivity contribution in [2.24, 2.45) is 0 Å². The standard InChI is InChI=1S/C15H27ClN2/c1-6-11(7-2)18-14(10-5)15(12(16)8-3)13(9-4)17-18/h11-12H,6-10H2,1-5H3. The summed E-state index contributed by atoms with van der Waals surface area (Å²) < 4.78 is 2.25. The molecule has 104 valence electrons. The number of halogens is 1. The molecule has 0 N–H and O–H groups in total. The summed E-state index contributed by atoms with van der Waals surface area (Å²) in [5.41, 5.74) is 3.85. The van der Waals surface area contributed by atoms with E-state index in [9.17, 15) is 0 Å². The molecule has 0 radical (unpaired) electrons. The number of hydrogen-bond acceptors (Lipinski definition) is 1. The van der Waals surface area contributed by atoms with Crippen molar-refractivity contribution < 1.29 is 0 Å². The lowest BCUT2D eigenvalue weighted by Crippen LogP contribution is -2.12. The monoisotopic (exact) mass is 270 g/mol. The van der Waals surface area contributed by atoms with Gasteiger partial charge in [0.1, 0.15) is 0 Å². The average molecular weight is 271 g/mol. The van der Waals surface area contributed by atoms with Gasteiger partial charge < -0.3 is 0 Å². The van der Waals surface area contributed by atoms with Crippen LogP contribution in [0.2, 0.25) is 0 Å². The SMILES string of the molecule is CCc1nn(C(CC)CC)c(CC)c1C(Cl)CC. The van der Waals surface area contributed by atoms with Crippen LogP contribution in [0.3, 0.4) is 0 Å². The summed E-state index contributed by atoms with van der Waals surface area (Å²) in [7, 11) is 0. The van der Waals surface area contributed by atoms with E-state index in [1.807, 2.05) is 0 Å². The van der Waals surface area contributed by atoms with Crippen LogP contribution in [0.25, 0.3) is 0 Å². The van der Waals surface area contributed by atoms with Crippen molar-refractivity contribution >= 4 is 11.6 Å². The third-order valence-electron chi connectivity index (χ3n) is 3.76. The number of rotatable bonds is 7. The summed E-state index contributed by atoms with van der Waals surface area (Å²) in [6.45, 7) is 11.0. The van der Waals surface area contributed by atoms with Crippen molar-refractivity contribution in [3.05, 3.63) is 17.0 Å². The zero-order chi connectivity index (χ0) is 13.7. The molecule has 1 aromatic rings. The molecular weight excluding hydrogens is 244 g/mol. The molecule has 1 unspecified atom stereocenters. The molecule has 0 fully saturated rings. The van der Waals surface area contributed by atoms with Gasteiger partial charge in [0.25, 0.3) is 0 Å². The Morgan fingerprint density at radius 3 is 2.00 bits per heavy atom. The first kappa shape index (κ1) is 15.6. The van der Waals surface area contributed by atoms with Crippen molar-refractivity contribution in [3.8, 4) is 0 Å². The van der Waals surface area contributed by atoms with Gasteiger partial charge in [0.2, 0.25) is 0 Å². The molecule has 0 saturated carbocycles. The van der Waals surface area contributed by atoms with E-state index in [2.05, 4.69) is 39.3 Å². The molecule has 0 aliphatic heterocycles. The van der Waals surface area contributed by atoms with E-state index in [4.69, 9.17) is 16.7 Å². The maximum absolute atomic E-state index is 6.51. The Bertz CT molecular complexity index is 367. The third-order valence-corrected chi connectivity index (χ3v) is 4.28. The lowest BCUT2D eigenvalue weighted by atomic mass is 10.0.